The Morgan fingerprint density at radius 3 is 2.39 bits per heavy atom. The highest BCUT2D eigenvalue weighted by Crippen LogP contribution is 2.09. The molecule has 0 heterocycles. The lowest BCUT2D eigenvalue weighted by atomic mass is 10.0. The average molecular weight is 324 g/mol. The van der Waals surface area contributed by atoms with Crippen LogP contribution in [0, 0.1) is 11.7 Å². The number of hydrogen-bond donors (Lipinski definition) is 3. The molecule has 1 aromatic rings. The highest BCUT2D eigenvalue weighted by Gasteiger charge is 2.23. The van der Waals surface area contributed by atoms with Gasteiger partial charge in [0, 0.05) is 0 Å². The summed E-state index contributed by atoms with van der Waals surface area (Å²) in [5, 5.41) is 11.7. The van der Waals surface area contributed by atoms with Crippen molar-refractivity contribution in [1.29, 1.82) is 0 Å². The van der Waals surface area contributed by atoms with Crippen LogP contribution in [0.1, 0.15) is 38.7 Å². The topological polar surface area (TPSA) is 92.4 Å². The van der Waals surface area contributed by atoms with E-state index in [0.717, 1.165) is 5.56 Å². The van der Waals surface area contributed by atoms with E-state index >= 15 is 0 Å². The summed E-state index contributed by atoms with van der Waals surface area (Å²) in [4.78, 5) is 23.2. The molecule has 0 aliphatic rings. The maximum absolute atomic E-state index is 12.8. The number of nitrogens with one attached hydrogen (secondary N) is 1. The van der Waals surface area contributed by atoms with E-state index in [9.17, 15) is 19.1 Å². The fourth-order valence-electron chi connectivity index (χ4n) is 2.31. The Labute approximate surface area is 136 Å². The fourth-order valence-corrected chi connectivity index (χ4v) is 2.31. The van der Waals surface area contributed by atoms with Crippen molar-refractivity contribution in [1.82, 2.24) is 5.32 Å². The predicted molar refractivity (Wildman–Crippen MR) is 86.3 cm³/mol. The lowest BCUT2D eigenvalue weighted by molar-refractivity contribution is -0.142. The van der Waals surface area contributed by atoms with Gasteiger partial charge in [-0.25, -0.2) is 9.18 Å². The summed E-state index contributed by atoms with van der Waals surface area (Å²) >= 11 is 0. The molecule has 0 aliphatic heterocycles. The van der Waals surface area contributed by atoms with Gasteiger partial charge in [-0.15, -0.1) is 0 Å². The minimum Gasteiger partial charge on any atom is -0.480 e. The summed E-state index contributed by atoms with van der Waals surface area (Å²) in [6.45, 7) is 3.90. The van der Waals surface area contributed by atoms with Gasteiger partial charge in [0.05, 0.1) is 6.04 Å². The molecule has 2 atom stereocenters. The summed E-state index contributed by atoms with van der Waals surface area (Å²) in [5.41, 5.74) is 6.69. The van der Waals surface area contributed by atoms with Gasteiger partial charge in [-0.2, -0.15) is 0 Å². The van der Waals surface area contributed by atoms with E-state index < -0.39 is 24.0 Å². The molecule has 0 bridgehead atoms. The van der Waals surface area contributed by atoms with Crippen molar-refractivity contribution in [3.63, 3.8) is 0 Å². The first kappa shape index (κ1) is 19.1. The second kappa shape index (κ2) is 9.25. The van der Waals surface area contributed by atoms with Crippen molar-refractivity contribution < 1.29 is 19.1 Å². The van der Waals surface area contributed by atoms with E-state index in [0.29, 0.717) is 25.7 Å². The predicted octanol–water partition coefficient (Wildman–Crippen LogP) is 2.09. The van der Waals surface area contributed by atoms with Crippen LogP contribution >= 0.6 is 0 Å². The Morgan fingerprint density at radius 1 is 1.26 bits per heavy atom. The van der Waals surface area contributed by atoms with Crippen LogP contribution in [0.3, 0.4) is 0 Å². The summed E-state index contributed by atoms with van der Waals surface area (Å²) in [7, 11) is 0. The molecule has 0 saturated carbocycles. The number of carboxylic acid groups (broad SMARTS) is 1. The minimum absolute atomic E-state index is 0.262. The molecule has 0 radical (unpaired) electrons. The summed E-state index contributed by atoms with van der Waals surface area (Å²) < 4.78 is 12.8. The smallest absolute Gasteiger partial charge is 0.326 e. The van der Waals surface area contributed by atoms with E-state index in [1.54, 1.807) is 12.1 Å². The van der Waals surface area contributed by atoms with Crippen LogP contribution in [0.25, 0.3) is 0 Å². The van der Waals surface area contributed by atoms with Gasteiger partial charge >= 0.3 is 5.97 Å². The maximum atomic E-state index is 12.8. The third kappa shape index (κ3) is 7.23. The van der Waals surface area contributed by atoms with Crippen LogP contribution in [0.15, 0.2) is 24.3 Å². The lowest BCUT2D eigenvalue weighted by Gasteiger charge is -2.19. The fraction of sp³-hybridized carbons (Fsp3) is 0.529. The molecule has 6 heteroatoms. The Morgan fingerprint density at radius 2 is 1.87 bits per heavy atom. The van der Waals surface area contributed by atoms with Crippen molar-refractivity contribution in [2.45, 2.75) is 51.6 Å². The summed E-state index contributed by atoms with van der Waals surface area (Å²) in [6.07, 6.45) is 2.00. The largest absolute Gasteiger partial charge is 0.480 e. The normalized spacial score (nSPS) is 13.6. The van der Waals surface area contributed by atoms with Crippen molar-refractivity contribution >= 4 is 11.9 Å². The molecule has 128 valence electrons. The molecule has 0 spiro atoms. The second-order valence-electron chi connectivity index (χ2n) is 6.15. The van der Waals surface area contributed by atoms with Gasteiger partial charge in [0.15, 0.2) is 0 Å². The number of aryl methyl sites for hydroxylation is 1. The van der Waals surface area contributed by atoms with E-state index in [-0.39, 0.29) is 11.7 Å². The lowest BCUT2D eigenvalue weighted by Crippen LogP contribution is -2.48. The average Bonchev–Trinajstić information content (AvgIpc) is 2.47. The van der Waals surface area contributed by atoms with Crippen molar-refractivity contribution in [2.24, 2.45) is 11.7 Å². The number of carboxylic acids is 1. The van der Waals surface area contributed by atoms with Gasteiger partial charge in [0.2, 0.25) is 5.91 Å². The number of aliphatic carboxylic acids is 1. The molecule has 23 heavy (non-hydrogen) atoms. The standard InChI is InChI=1S/C17H25FN2O3/c1-11(2)10-14(19)16(21)20-15(17(22)23)5-3-4-12-6-8-13(18)9-7-12/h6-9,11,14-15H,3-5,10,19H2,1-2H3,(H,20,21)(H,22,23)/t14-,15?/m0/s1. The number of amides is 1. The summed E-state index contributed by atoms with van der Waals surface area (Å²) in [6, 6.07) is 4.42. The van der Waals surface area contributed by atoms with Gasteiger partial charge in [-0.3, -0.25) is 4.79 Å². The molecule has 1 rings (SSSR count). The quantitative estimate of drug-likeness (QED) is 0.648. The molecule has 1 aromatic carbocycles. The Hall–Kier alpha value is -1.95. The molecule has 5 nitrogen and oxygen atoms in total. The zero-order valence-corrected chi connectivity index (χ0v) is 13.6. The molecular formula is C17H25FN2O3. The minimum atomic E-state index is -1.07. The number of benzene rings is 1. The zero-order valence-electron chi connectivity index (χ0n) is 13.6. The molecule has 1 unspecified atom stereocenters. The molecule has 4 N–H and O–H groups in total. The number of rotatable bonds is 9. The van der Waals surface area contributed by atoms with Gasteiger partial charge in [0.25, 0.3) is 0 Å². The number of nitrogens with two attached hydrogens (primary N) is 1. The van der Waals surface area contributed by atoms with Crippen molar-refractivity contribution in [3.8, 4) is 0 Å². The molecule has 0 aromatic heterocycles. The molecule has 0 saturated heterocycles. The molecule has 1 amide bonds. The van der Waals surface area contributed by atoms with Crippen LogP contribution in [0.5, 0.6) is 0 Å². The number of hydrogen-bond acceptors (Lipinski definition) is 3. The van der Waals surface area contributed by atoms with Crippen LogP contribution in [0.4, 0.5) is 4.39 Å². The third-order valence-corrected chi connectivity index (χ3v) is 3.55. The van der Waals surface area contributed by atoms with E-state index in [1.165, 1.54) is 12.1 Å². The Bertz CT molecular complexity index is 517. The maximum Gasteiger partial charge on any atom is 0.326 e. The summed E-state index contributed by atoms with van der Waals surface area (Å²) in [5.74, 6) is -1.55. The van der Waals surface area contributed by atoms with Gasteiger partial charge in [-0.1, -0.05) is 26.0 Å². The van der Waals surface area contributed by atoms with E-state index in [1.807, 2.05) is 13.8 Å². The Balaban J connectivity index is 2.47. The molecular weight excluding hydrogens is 299 g/mol. The first-order valence-corrected chi connectivity index (χ1v) is 7.82. The zero-order chi connectivity index (χ0) is 17.4. The van der Waals surface area contributed by atoms with Gasteiger partial charge in [0.1, 0.15) is 11.9 Å². The molecule has 0 fully saturated rings. The SMILES string of the molecule is CC(C)C[C@H](N)C(=O)NC(CCCc1ccc(F)cc1)C(=O)O. The third-order valence-electron chi connectivity index (χ3n) is 3.55. The first-order chi connectivity index (χ1) is 10.8. The van der Waals surface area contributed by atoms with Crippen molar-refractivity contribution in [3.05, 3.63) is 35.6 Å². The highest BCUT2D eigenvalue weighted by atomic mass is 19.1. The number of carbonyl (C=O) groups excluding carboxylic acids is 1. The Kier molecular flexibility index (Phi) is 7.68. The molecule has 0 aliphatic carbocycles. The van der Waals surface area contributed by atoms with Gasteiger partial charge in [-0.05, 0) is 49.3 Å². The van der Waals surface area contributed by atoms with Crippen LogP contribution in [-0.2, 0) is 16.0 Å². The highest BCUT2D eigenvalue weighted by molar-refractivity contribution is 5.86. The van der Waals surface area contributed by atoms with E-state index in [4.69, 9.17) is 5.73 Å². The van der Waals surface area contributed by atoms with Crippen LogP contribution in [-0.4, -0.2) is 29.1 Å². The monoisotopic (exact) mass is 324 g/mol. The number of carbonyl (C=O) groups is 2. The first-order valence-electron chi connectivity index (χ1n) is 7.82. The van der Waals surface area contributed by atoms with Crippen LogP contribution < -0.4 is 11.1 Å². The number of halogens is 1. The van der Waals surface area contributed by atoms with Crippen molar-refractivity contribution in [2.75, 3.05) is 0 Å². The van der Waals surface area contributed by atoms with E-state index in [2.05, 4.69) is 5.32 Å². The van der Waals surface area contributed by atoms with Crippen LogP contribution in [0.2, 0.25) is 0 Å². The van der Waals surface area contributed by atoms with Gasteiger partial charge < -0.3 is 16.2 Å². The second-order valence-corrected chi connectivity index (χ2v) is 6.15.